The quantitative estimate of drug-likeness (QED) is 0.637. The Morgan fingerprint density at radius 1 is 1.25 bits per heavy atom. The minimum atomic E-state index is -0.0682. The van der Waals surface area contributed by atoms with Crippen LogP contribution in [-0.4, -0.2) is 24.2 Å². The molecule has 0 aliphatic carbocycles. The molecule has 0 aromatic carbocycles. The molecule has 4 nitrogen and oxygen atoms in total. The summed E-state index contributed by atoms with van der Waals surface area (Å²) >= 11 is 0. The summed E-state index contributed by atoms with van der Waals surface area (Å²) in [5.74, 6) is 1.30. The van der Waals surface area contributed by atoms with Crippen LogP contribution in [0.15, 0.2) is 4.52 Å². The number of anilines is 1. The SMILES string of the molecule is CN(C)c1noc(C(C)(C)C)n1. The van der Waals surface area contributed by atoms with Crippen molar-refractivity contribution < 1.29 is 4.52 Å². The second-order valence-corrected chi connectivity index (χ2v) is 4.04. The fourth-order valence-corrected chi connectivity index (χ4v) is 0.702. The first kappa shape index (κ1) is 9.03. The van der Waals surface area contributed by atoms with Gasteiger partial charge in [0.1, 0.15) is 0 Å². The lowest BCUT2D eigenvalue weighted by Crippen LogP contribution is -2.13. The molecule has 0 saturated carbocycles. The van der Waals surface area contributed by atoms with Gasteiger partial charge in [0.05, 0.1) is 0 Å². The van der Waals surface area contributed by atoms with E-state index in [0.717, 1.165) is 0 Å². The zero-order valence-electron chi connectivity index (χ0n) is 8.25. The summed E-state index contributed by atoms with van der Waals surface area (Å²) in [6.07, 6.45) is 0. The predicted octanol–water partition coefficient (Wildman–Crippen LogP) is 1.43. The van der Waals surface area contributed by atoms with E-state index < -0.39 is 0 Å². The molecule has 0 saturated heterocycles. The highest BCUT2D eigenvalue weighted by Gasteiger charge is 2.21. The minimum absolute atomic E-state index is 0.0682. The third-order valence-electron chi connectivity index (χ3n) is 1.46. The van der Waals surface area contributed by atoms with Gasteiger partial charge >= 0.3 is 0 Å². The van der Waals surface area contributed by atoms with Crippen LogP contribution in [0.2, 0.25) is 0 Å². The number of hydrogen-bond donors (Lipinski definition) is 0. The van der Waals surface area contributed by atoms with Crippen molar-refractivity contribution in [1.29, 1.82) is 0 Å². The lowest BCUT2D eigenvalue weighted by atomic mass is 9.97. The van der Waals surface area contributed by atoms with Crippen LogP contribution in [0.3, 0.4) is 0 Å². The fourth-order valence-electron chi connectivity index (χ4n) is 0.702. The Morgan fingerprint density at radius 2 is 1.83 bits per heavy atom. The van der Waals surface area contributed by atoms with Crippen molar-refractivity contribution in [3.05, 3.63) is 5.89 Å². The van der Waals surface area contributed by atoms with Crippen LogP contribution in [0.5, 0.6) is 0 Å². The Balaban J connectivity index is 2.92. The molecule has 0 fully saturated rings. The van der Waals surface area contributed by atoms with Gasteiger partial charge in [0.15, 0.2) is 0 Å². The van der Waals surface area contributed by atoms with Crippen LogP contribution in [0, 0.1) is 0 Å². The van der Waals surface area contributed by atoms with Crippen LogP contribution in [0.25, 0.3) is 0 Å². The van der Waals surface area contributed by atoms with E-state index in [1.54, 1.807) is 0 Å². The average molecular weight is 169 g/mol. The molecule has 0 amide bonds. The van der Waals surface area contributed by atoms with Crippen molar-refractivity contribution in [3.63, 3.8) is 0 Å². The Bertz CT molecular complexity index is 260. The molecule has 0 bridgehead atoms. The molecule has 0 N–H and O–H groups in total. The van der Waals surface area contributed by atoms with Crippen molar-refractivity contribution in [2.75, 3.05) is 19.0 Å². The summed E-state index contributed by atoms with van der Waals surface area (Å²) in [5, 5.41) is 3.82. The highest BCUT2D eigenvalue weighted by atomic mass is 16.5. The summed E-state index contributed by atoms with van der Waals surface area (Å²) in [5.41, 5.74) is -0.0682. The molecule has 1 heterocycles. The lowest BCUT2D eigenvalue weighted by molar-refractivity contribution is 0.320. The van der Waals surface area contributed by atoms with E-state index in [0.29, 0.717) is 11.8 Å². The van der Waals surface area contributed by atoms with Gasteiger partial charge in [0.2, 0.25) is 5.89 Å². The topological polar surface area (TPSA) is 42.2 Å². The van der Waals surface area contributed by atoms with Gasteiger partial charge < -0.3 is 9.42 Å². The van der Waals surface area contributed by atoms with Crippen LogP contribution in [-0.2, 0) is 5.41 Å². The van der Waals surface area contributed by atoms with Gasteiger partial charge in [0.25, 0.3) is 5.95 Å². The van der Waals surface area contributed by atoms with E-state index in [4.69, 9.17) is 4.52 Å². The van der Waals surface area contributed by atoms with Gasteiger partial charge in [-0.05, 0) is 5.16 Å². The highest BCUT2D eigenvalue weighted by molar-refractivity contribution is 5.24. The van der Waals surface area contributed by atoms with Crippen molar-refractivity contribution in [1.82, 2.24) is 10.1 Å². The van der Waals surface area contributed by atoms with Gasteiger partial charge in [-0.2, -0.15) is 4.98 Å². The zero-order chi connectivity index (χ0) is 9.35. The minimum Gasteiger partial charge on any atom is -0.344 e. The number of nitrogens with zero attached hydrogens (tertiary/aromatic N) is 3. The Kier molecular flexibility index (Phi) is 2.08. The maximum absolute atomic E-state index is 5.09. The second kappa shape index (κ2) is 2.77. The monoisotopic (exact) mass is 169 g/mol. The molecular formula is C8H15N3O. The number of rotatable bonds is 1. The first-order valence-corrected chi connectivity index (χ1v) is 3.93. The van der Waals surface area contributed by atoms with E-state index >= 15 is 0 Å². The lowest BCUT2D eigenvalue weighted by Gasteiger charge is -2.10. The Hall–Kier alpha value is -1.06. The third-order valence-corrected chi connectivity index (χ3v) is 1.46. The third kappa shape index (κ3) is 1.75. The summed E-state index contributed by atoms with van der Waals surface area (Å²) in [6, 6.07) is 0. The van der Waals surface area contributed by atoms with E-state index in [1.807, 2.05) is 39.8 Å². The van der Waals surface area contributed by atoms with Gasteiger partial charge in [0, 0.05) is 19.5 Å². The standard InChI is InChI=1S/C8H15N3O/c1-8(2,3)6-9-7(10-12-6)11(4)5/h1-5H3. The molecule has 0 atom stereocenters. The van der Waals surface area contributed by atoms with Crippen molar-refractivity contribution >= 4 is 5.95 Å². The maximum atomic E-state index is 5.09. The zero-order valence-corrected chi connectivity index (χ0v) is 8.25. The molecular weight excluding hydrogens is 154 g/mol. The predicted molar refractivity (Wildman–Crippen MR) is 47.3 cm³/mol. The molecule has 0 unspecified atom stereocenters. The largest absolute Gasteiger partial charge is 0.344 e. The van der Waals surface area contributed by atoms with Gasteiger partial charge in [-0.15, -0.1) is 0 Å². The first-order chi connectivity index (χ1) is 5.41. The molecule has 4 heteroatoms. The molecule has 1 aromatic heterocycles. The van der Waals surface area contributed by atoms with Crippen LogP contribution in [0.4, 0.5) is 5.95 Å². The van der Waals surface area contributed by atoms with E-state index in [1.165, 1.54) is 0 Å². The van der Waals surface area contributed by atoms with Gasteiger partial charge in [-0.1, -0.05) is 20.8 Å². The Morgan fingerprint density at radius 3 is 2.08 bits per heavy atom. The maximum Gasteiger partial charge on any atom is 0.265 e. The van der Waals surface area contributed by atoms with Gasteiger partial charge in [-0.3, -0.25) is 0 Å². The molecule has 0 radical (unpaired) electrons. The molecule has 12 heavy (non-hydrogen) atoms. The average Bonchev–Trinajstić information content (AvgIpc) is 2.30. The van der Waals surface area contributed by atoms with Crippen molar-refractivity contribution in [3.8, 4) is 0 Å². The smallest absolute Gasteiger partial charge is 0.265 e. The molecule has 1 aromatic rings. The normalized spacial score (nSPS) is 11.8. The molecule has 0 spiro atoms. The summed E-state index contributed by atoms with van der Waals surface area (Å²) < 4.78 is 5.09. The summed E-state index contributed by atoms with van der Waals surface area (Å²) in [4.78, 5) is 6.05. The number of aromatic nitrogens is 2. The molecule has 68 valence electrons. The molecule has 1 rings (SSSR count). The fraction of sp³-hybridized carbons (Fsp3) is 0.750. The molecule has 0 aliphatic rings. The van der Waals surface area contributed by atoms with Crippen molar-refractivity contribution in [2.45, 2.75) is 26.2 Å². The second-order valence-electron chi connectivity index (χ2n) is 4.04. The number of hydrogen-bond acceptors (Lipinski definition) is 4. The van der Waals surface area contributed by atoms with Gasteiger partial charge in [-0.25, -0.2) is 0 Å². The van der Waals surface area contributed by atoms with E-state index in [9.17, 15) is 0 Å². The van der Waals surface area contributed by atoms with Crippen LogP contribution >= 0.6 is 0 Å². The summed E-state index contributed by atoms with van der Waals surface area (Å²) in [6.45, 7) is 6.12. The molecule has 0 aliphatic heterocycles. The van der Waals surface area contributed by atoms with E-state index in [2.05, 4.69) is 10.1 Å². The first-order valence-electron chi connectivity index (χ1n) is 3.93. The van der Waals surface area contributed by atoms with E-state index in [-0.39, 0.29) is 5.41 Å². The van der Waals surface area contributed by atoms with Crippen molar-refractivity contribution in [2.24, 2.45) is 0 Å². The highest BCUT2D eigenvalue weighted by Crippen LogP contribution is 2.21. The Labute approximate surface area is 72.6 Å². The van der Waals surface area contributed by atoms with Crippen LogP contribution < -0.4 is 4.90 Å². The summed E-state index contributed by atoms with van der Waals surface area (Å²) in [7, 11) is 3.77. The van der Waals surface area contributed by atoms with Crippen LogP contribution in [0.1, 0.15) is 26.7 Å².